The lowest BCUT2D eigenvalue weighted by Crippen LogP contribution is -2.18. The summed E-state index contributed by atoms with van der Waals surface area (Å²) < 4.78 is 20.5. The van der Waals surface area contributed by atoms with Crippen molar-refractivity contribution in [2.45, 2.75) is 12.5 Å². The van der Waals surface area contributed by atoms with E-state index in [0.717, 1.165) is 22.0 Å². The van der Waals surface area contributed by atoms with Crippen LogP contribution in [0.4, 0.5) is 4.39 Å². The molecular weight excluding hydrogens is 333 g/mol. The Balaban J connectivity index is 1.90. The molecular formula is C17H15BrFNO. The number of hydrogen-bond acceptors (Lipinski definition) is 2. The molecule has 0 aliphatic carbocycles. The van der Waals surface area contributed by atoms with Crippen LogP contribution in [0.15, 0.2) is 57.4 Å². The number of hydrogen-bond donors (Lipinski definition) is 1. The number of halogens is 2. The number of likely N-dealkylation sites (N-methyl/N-ethyl adjacent to an activating group) is 1. The molecule has 3 rings (SSSR count). The van der Waals surface area contributed by atoms with Gasteiger partial charge in [-0.3, -0.25) is 0 Å². The molecule has 1 N–H and O–H groups in total. The van der Waals surface area contributed by atoms with E-state index < -0.39 is 0 Å². The number of para-hydroxylation sites is 1. The van der Waals surface area contributed by atoms with E-state index in [-0.39, 0.29) is 11.9 Å². The number of nitrogens with one attached hydrogen (secondary N) is 1. The second kappa shape index (κ2) is 6.00. The largest absolute Gasteiger partial charge is 0.456 e. The minimum atomic E-state index is -0.322. The predicted octanol–water partition coefficient (Wildman–Crippen LogP) is 4.84. The Morgan fingerprint density at radius 2 is 1.95 bits per heavy atom. The van der Waals surface area contributed by atoms with Crippen LogP contribution in [0.5, 0.6) is 0 Å². The molecule has 108 valence electrons. The van der Waals surface area contributed by atoms with E-state index >= 15 is 0 Å². The van der Waals surface area contributed by atoms with Gasteiger partial charge in [-0.1, -0.05) is 40.2 Å². The van der Waals surface area contributed by atoms with Crippen molar-refractivity contribution in [3.05, 3.63) is 70.1 Å². The second-order valence-corrected chi connectivity index (χ2v) is 5.89. The summed E-state index contributed by atoms with van der Waals surface area (Å²) in [5, 5.41) is 4.03. The smallest absolute Gasteiger partial charge is 0.169 e. The number of rotatable bonds is 4. The maximum Gasteiger partial charge on any atom is 0.169 e. The Bertz CT molecular complexity index is 751. The summed E-state index contributed by atoms with van der Waals surface area (Å²) in [6.45, 7) is 0. The summed E-state index contributed by atoms with van der Waals surface area (Å²) in [4.78, 5) is 0. The van der Waals surface area contributed by atoms with Gasteiger partial charge in [0.2, 0.25) is 0 Å². The molecule has 21 heavy (non-hydrogen) atoms. The SMILES string of the molecule is CNC(Cc1ccc(Br)cc1)c1cc2cccc(F)c2o1. The Morgan fingerprint density at radius 1 is 1.19 bits per heavy atom. The first kappa shape index (κ1) is 14.3. The first-order valence-corrected chi connectivity index (χ1v) is 7.56. The third-order valence-electron chi connectivity index (χ3n) is 3.56. The molecule has 1 aromatic heterocycles. The Hall–Kier alpha value is -1.65. The van der Waals surface area contributed by atoms with E-state index in [1.807, 2.05) is 31.3 Å². The van der Waals surface area contributed by atoms with Gasteiger partial charge < -0.3 is 9.73 Å². The van der Waals surface area contributed by atoms with E-state index in [1.165, 1.54) is 11.6 Å². The van der Waals surface area contributed by atoms with Crippen LogP contribution in [-0.2, 0) is 6.42 Å². The minimum Gasteiger partial charge on any atom is -0.456 e. The molecule has 0 saturated carbocycles. The molecule has 0 radical (unpaired) electrons. The Labute approximate surface area is 131 Å². The maximum atomic E-state index is 13.7. The monoisotopic (exact) mass is 347 g/mol. The van der Waals surface area contributed by atoms with Gasteiger partial charge >= 0.3 is 0 Å². The fraction of sp³-hybridized carbons (Fsp3) is 0.176. The molecule has 0 bridgehead atoms. The second-order valence-electron chi connectivity index (χ2n) is 4.98. The third kappa shape index (κ3) is 3.01. The summed E-state index contributed by atoms with van der Waals surface area (Å²) in [6, 6.07) is 15.0. The van der Waals surface area contributed by atoms with Gasteiger partial charge in [0.1, 0.15) is 5.76 Å². The number of benzene rings is 2. The first-order valence-electron chi connectivity index (χ1n) is 6.77. The lowest BCUT2D eigenvalue weighted by molar-refractivity contribution is 0.442. The molecule has 0 aliphatic heterocycles. The van der Waals surface area contributed by atoms with E-state index in [4.69, 9.17) is 4.42 Å². The topological polar surface area (TPSA) is 25.2 Å². The zero-order chi connectivity index (χ0) is 14.8. The summed E-state index contributed by atoms with van der Waals surface area (Å²) in [7, 11) is 1.88. The highest BCUT2D eigenvalue weighted by molar-refractivity contribution is 9.10. The van der Waals surface area contributed by atoms with Crippen LogP contribution in [0.3, 0.4) is 0 Å². The molecule has 1 heterocycles. The van der Waals surface area contributed by atoms with Gasteiger partial charge in [-0.2, -0.15) is 0 Å². The highest BCUT2D eigenvalue weighted by atomic mass is 79.9. The predicted molar refractivity (Wildman–Crippen MR) is 85.8 cm³/mol. The van der Waals surface area contributed by atoms with E-state index in [0.29, 0.717) is 5.58 Å². The van der Waals surface area contributed by atoms with Crippen LogP contribution < -0.4 is 5.32 Å². The quantitative estimate of drug-likeness (QED) is 0.730. The van der Waals surface area contributed by atoms with Crippen molar-refractivity contribution in [2.75, 3.05) is 7.05 Å². The van der Waals surface area contributed by atoms with Crippen LogP contribution in [0.2, 0.25) is 0 Å². The molecule has 0 spiro atoms. The zero-order valence-corrected chi connectivity index (χ0v) is 13.2. The Kier molecular flexibility index (Phi) is 4.08. The number of furan rings is 1. The molecule has 1 unspecified atom stereocenters. The number of fused-ring (bicyclic) bond motifs is 1. The maximum absolute atomic E-state index is 13.7. The van der Waals surface area contributed by atoms with Crippen molar-refractivity contribution >= 4 is 26.9 Å². The lowest BCUT2D eigenvalue weighted by atomic mass is 10.0. The minimum absolute atomic E-state index is 0.0120. The van der Waals surface area contributed by atoms with Gasteiger partial charge in [0.15, 0.2) is 11.4 Å². The van der Waals surface area contributed by atoms with Gasteiger partial charge in [-0.05, 0) is 43.3 Å². The average molecular weight is 348 g/mol. The van der Waals surface area contributed by atoms with Gasteiger partial charge in [-0.15, -0.1) is 0 Å². The van der Waals surface area contributed by atoms with Crippen molar-refractivity contribution in [2.24, 2.45) is 0 Å². The molecule has 1 atom stereocenters. The van der Waals surface area contributed by atoms with Crippen LogP contribution in [-0.4, -0.2) is 7.05 Å². The third-order valence-corrected chi connectivity index (χ3v) is 4.09. The van der Waals surface area contributed by atoms with Gasteiger partial charge in [0, 0.05) is 9.86 Å². The normalized spacial score (nSPS) is 12.7. The molecule has 2 aromatic carbocycles. The fourth-order valence-electron chi connectivity index (χ4n) is 2.42. The molecule has 0 fully saturated rings. The highest BCUT2D eigenvalue weighted by Crippen LogP contribution is 2.28. The van der Waals surface area contributed by atoms with E-state index in [2.05, 4.69) is 33.4 Å². The van der Waals surface area contributed by atoms with Crippen molar-refractivity contribution in [1.29, 1.82) is 0 Å². The summed E-state index contributed by atoms with van der Waals surface area (Å²) in [6.07, 6.45) is 0.783. The van der Waals surface area contributed by atoms with Crippen molar-refractivity contribution < 1.29 is 8.81 Å². The van der Waals surface area contributed by atoms with Gasteiger partial charge in [0.05, 0.1) is 6.04 Å². The van der Waals surface area contributed by atoms with Crippen molar-refractivity contribution in [3.63, 3.8) is 0 Å². The van der Waals surface area contributed by atoms with Crippen LogP contribution in [0.1, 0.15) is 17.4 Å². The van der Waals surface area contributed by atoms with Crippen molar-refractivity contribution in [3.8, 4) is 0 Å². The highest BCUT2D eigenvalue weighted by Gasteiger charge is 2.16. The van der Waals surface area contributed by atoms with Crippen molar-refractivity contribution in [1.82, 2.24) is 5.32 Å². The average Bonchev–Trinajstić information content (AvgIpc) is 2.92. The Morgan fingerprint density at radius 3 is 2.62 bits per heavy atom. The molecule has 4 heteroatoms. The zero-order valence-electron chi connectivity index (χ0n) is 11.6. The van der Waals surface area contributed by atoms with Crippen LogP contribution in [0, 0.1) is 5.82 Å². The first-order chi connectivity index (χ1) is 10.2. The van der Waals surface area contributed by atoms with Crippen LogP contribution in [0.25, 0.3) is 11.0 Å². The van der Waals surface area contributed by atoms with Crippen LogP contribution >= 0.6 is 15.9 Å². The fourth-order valence-corrected chi connectivity index (χ4v) is 2.68. The standard InChI is InChI=1S/C17H15BrFNO/c1-20-15(9-11-5-7-13(18)8-6-11)16-10-12-3-2-4-14(19)17(12)21-16/h2-8,10,15,20H,9H2,1H3. The summed E-state index contributed by atoms with van der Waals surface area (Å²) in [5.74, 6) is 0.428. The van der Waals surface area contributed by atoms with Gasteiger partial charge in [0.25, 0.3) is 0 Å². The molecule has 0 amide bonds. The summed E-state index contributed by atoms with van der Waals surface area (Å²) in [5.41, 5.74) is 1.52. The summed E-state index contributed by atoms with van der Waals surface area (Å²) >= 11 is 3.43. The molecule has 2 nitrogen and oxygen atoms in total. The molecule has 0 saturated heterocycles. The van der Waals surface area contributed by atoms with E-state index in [9.17, 15) is 4.39 Å². The van der Waals surface area contributed by atoms with Gasteiger partial charge in [-0.25, -0.2) is 4.39 Å². The molecule has 0 aliphatic rings. The molecule has 3 aromatic rings. The van der Waals surface area contributed by atoms with E-state index in [1.54, 1.807) is 6.07 Å². The lowest BCUT2D eigenvalue weighted by Gasteiger charge is -2.13.